The van der Waals surface area contributed by atoms with E-state index >= 15 is 0 Å². The molecular formula is C26H28HfO6. The molecule has 0 saturated carbocycles. The molecular weight excluding hydrogens is 587 g/mol. The summed E-state index contributed by atoms with van der Waals surface area (Å²) in [6.45, 7) is 0. The van der Waals surface area contributed by atoms with E-state index in [1.807, 2.05) is 24.3 Å². The van der Waals surface area contributed by atoms with E-state index in [-0.39, 0.29) is 37.3 Å². The van der Waals surface area contributed by atoms with Crippen molar-refractivity contribution in [3.05, 3.63) is 85.0 Å². The van der Waals surface area contributed by atoms with Crippen molar-refractivity contribution in [1.82, 2.24) is 0 Å². The molecule has 0 saturated heterocycles. The number of ether oxygens (including phenoxy) is 4. The molecule has 0 amide bonds. The summed E-state index contributed by atoms with van der Waals surface area (Å²) in [4.78, 5) is 0. The van der Waals surface area contributed by atoms with Crippen molar-refractivity contribution in [3.63, 3.8) is 0 Å². The van der Waals surface area contributed by atoms with Gasteiger partial charge in [0.15, 0.2) is 0 Å². The summed E-state index contributed by atoms with van der Waals surface area (Å²) in [5.41, 5.74) is 0. The monoisotopic (exact) mass is 616 g/mol. The van der Waals surface area contributed by atoms with E-state index in [4.69, 9.17) is 18.9 Å². The molecule has 0 fully saturated rings. The molecule has 2 aromatic rings. The van der Waals surface area contributed by atoms with Crippen LogP contribution in [0.1, 0.15) is 12.8 Å². The Morgan fingerprint density at radius 1 is 0.606 bits per heavy atom. The predicted molar refractivity (Wildman–Crippen MR) is 121 cm³/mol. The fourth-order valence-corrected chi connectivity index (χ4v) is 2.31. The minimum atomic E-state index is -0.211. The van der Waals surface area contributed by atoms with Crippen LogP contribution in [0, 0.1) is 12.2 Å². The Morgan fingerprint density at radius 2 is 0.909 bits per heavy atom. The van der Waals surface area contributed by atoms with Gasteiger partial charge in [0.05, 0.1) is 28.4 Å². The molecule has 0 aromatic heterocycles. The van der Waals surface area contributed by atoms with Crippen LogP contribution in [0.5, 0.6) is 34.5 Å². The molecule has 0 aliphatic heterocycles. The van der Waals surface area contributed by atoms with E-state index in [0.717, 1.165) is 12.8 Å². The summed E-state index contributed by atoms with van der Waals surface area (Å²) < 4.78 is 19.2. The summed E-state index contributed by atoms with van der Waals surface area (Å²) >= 11 is 0. The zero-order valence-corrected chi connectivity index (χ0v) is 22.9. The molecule has 4 rings (SSSR count). The van der Waals surface area contributed by atoms with Gasteiger partial charge in [0, 0.05) is 0 Å². The maximum atomic E-state index is 11.2. The second-order valence-electron chi connectivity index (χ2n) is 5.99. The van der Waals surface area contributed by atoms with Gasteiger partial charge >= 0.3 is 25.8 Å². The average molecular weight is 615 g/mol. The van der Waals surface area contributed by atoms with Crippen LogP contribution in [-0.2, 0) is 25.8 Å². The molecule has 172 valence electrons. The Kier molecular flexibility index (Phi) is 17.0. The van der Waals surface area contributed by atoms with Crippen molar-refractivity contribution in [2.24, 2.45) is 0 Å². The molecule has 2 aliphatic rings. The van der Waals surface area contributed by atoms with Gasteiger partial charge in [0.2, 0.25) is 0 Å². The Labute approximate surface area is 215 Å². The second kappa shape index (κ2) is 18.6. The summed E-state index contributed by atoms with van der Waals surface area (Å²) in [7, 11) is 5.82. The van der Waals surface area contributed by atoms with Gasteiger partial charge in [-0.15, -0.1) is 12.8 Å². The smallest absolute Gasteiger partial charge is 0.867 e. The van der Waals surface area contributed by atoms with Crippen LogP contribution in [0.25, 0.3) is 0 Å². The third-order valence-corrected chi connectivity index (χ3v) is 3.94. The molecule has 7 heteroatoms. The molecule has 0 atom stereocenters. The van der Waals surface area contributed by atoms with Crippen LogP contribution >= 0.6 is 0 Å². The van der Waals surface area contributed by atoms with E-state index in [2.05, 4.69) is 24.3 Å². The SMILES string of the molecule is COc1cccc(OC)c1[O-].COc1cccc(OC)c1[O-].[C-]1=CC=CC1.[C-]1=CC=CC1.[Hf+4]. The predicted octanol–water partition coefficient (Wildman–Crippen LogP) is 4.16. The Hall–Kier alpha value is -2.93. The Bertz CT molecular complexity index is 779. The topological polar surface area (TPSA) is 83.0 Å². The van der Waals surface area contributed by atoms with Crippen LogP contribution in [0.4, 0.5) is 0 Å². The zero-order valence-electron chi connectivity index (χ0n) is 19.3. The van der Waals surface area contributed by atoms with Gasteiger partial charge < -0.3 is 29.2 Å². The molecule has 2 aromatic carbocycles. The number of hydrogen-bond acceptors (Lipinski definition) is 6. The van der Waals surface area contributed by atoms with Gasteiger partial charge in [-0.1, -0.05) is 12.1 Å². The van der Waals surface area contributed by atoms with Gasteiger partial charge in [-0.2, -0.15) is 12.2 Å². The number of allylic oxidation sites excluding steroid dienone is 8. The van der Waals surface area contributed by atoms with Gasteiger partial charge in [0.1, 0.15) is 23.0 Å². The van der Waals surface area contributed by atoms with E-state index in [9.17, 15) is 10.2 Å². The number of hydrogen-bond donors (Lipinski definition) is 0. The maximum Gasteiger partial charge on any atom is 4.00 e. The van der Waals surface area contributed by atoms with Crippen molar-refractivity contribution >= 4 is 0 Å². The third-order valence-electron chi connectivity index (χ3n) is 3.94. The normalized spacial score (nSPS) is 11.5. The van der Waals surface area contributed by atoms with E-state index < -0.39 is 0 Å². The summed E-state index contributed by atoms with van der Waals surface area (Å²) in [5, 5.41) is 22.4. The van der Waals surface area contributed by atoms with Crippen LogP contribution in [0.2, 0.25) is 0 Å². The first kappa shape index (κ1) is 30.1. The summed E-state index contributed by atoms with van der Waals surface area (Å²) in [5.74, 6) is 0.817. The van der Waals surface area contributed by atoms with E-state index in [0.29, 0.717) is 23.0 Å². The van der Waals surface area contributed by atoms with Gasteiger partial charge in [-0.25, -0.2) is 24.3 Å². The molecule has 33 heavy (non-hydrogen) atoms. The molecule has 0 radical (unpaired) electrons. The van der Waals surface area contributed by atoms with Crippen molar-refractivity contribution < 1.29 is 55.0 Å². The molecule has 0 spiro atoms. The van der Waals surface area contributed by atoms with Crippen molar-refractivity contribution in [2.75, 3.05) is 28.4 Å². The first-order valence-corrected chi connectivity index (χ1v) is 9.78. The van der Waals surface area contributed by atoms with Gasteiger partial charge in [-0.3, -0.25) is 12.2 Å². The van der Waals surface area contributed by atoms with Crippen LogP contribution in [-0.4, -0.2) is 28.4 Å². The third kappa shape index (κ3) is 11.5. The summed E-state index contributed by atoms with van der Waals surface area (Å²) in [6.07, 6.45) is 20.0. The maximum absolute atomic E-state index is 11.2. The minimum Gasteiger partial charge on any atom is -0.867 e. The Morgan fingerprint density at radius 3 is 1.06 bits per heavy atom. The van der Waals surface area contributed by atoms with Crippen molar-refractivity contribution in [1.29, 1.82) is 0 Å². The molecule has 0 unspecified atom stereocenters. The van der Waals surface area contributed by atoms with E-state index in [1.165, 1.54) is 28.4 Å². The first-order chi connectivity index (χ1) is 15.6. The quantitative estimate of drug-likeness (QED) is 0.380. The standard InChI is InChI=1S/2C8H10O3.2C5H5.Hf/c2*1-10-6-4-3-5-7(11-2)8(6)9;2*1-2-4-5-3-1;/h2*3-5,9H,1-2H3;2*1-3H,4H2;/q;;2*-1;+4/p-2. The molecule has 2 aliphatic carbocycles. The van der Waals surface area contributed by atoms with Gasteiger partial charge in [-0.05, 0) is 35.8 Å². The molecule has 6 nitrogen and oxygen atoms in total. The van der Waals surface area contributed by atoms with Gasteiger partial charge in [0.25, 0.3) is 0 Å². The fourth-order valence-electron chi connectivity index (χ4n) is 2.31. The number of methoxy groups -OCH3 is 4. The van der Waals surface area contributed by atoms with Crippen LogP contribution in [0.15, 0.2) is 72.9 Å². The van der Waals surface area contributed by atoms with Crippen LogP contribution in [0.3, 0.4) is 0 Å². The van der Waals surface area contributed by atoms with E-state index in [1.54, 1.807) is 36.4 Å². The van der Waals surface area contributed by atoms with Crippen molar-refractivity contribution in [2.45, 2.75) is 12.8 Å². The molecule has 0 heterocycles. The minimum absolute atomic E-state index is 0. The zero-order chi connectivity index (χ0) is 23.6. The first-order valence-electron chi connectivity index (χ1n) is 9.78. The van der Waals surface area contributed by atoms with Crippen molar-refractivity contribution in [3.8, 4) is 34.5 Å². The Balaban J connectivity index is 0.000000434. The number of para-hydroxylation sites is 2. The number of rotatable bonds is 4. The summed E-state index contributed by atoms with van der Waals surface area (Å²) in [6, 6.07) is 9.82. The molecule has 0 N–H and O–H groups in total. The van der Waals surface area contributed by atoms with Crippen LogP contribution < -0.4 is 29.2 Å². The second-order valence-corrected chi connectivity index (χ2v) is 5.99. The number of benzene rings is 2. The molecule has 0 bridgehead atoms. The largest absolute Gasteiger partial charge is 4.00 e. The average Bonchev–Trinajstić information content (AvgIpc) is 3.59. The fraction of sp³-hybridized carbons (Fsp3) is 0.231.